The van der Waals surface area contributed by atoms with E-state index in [1.807, 2.05) is 0 Å². The first-order chi connectivity index (χ1) is 12.5. The molecule has 1 aliphatic carbocycles. The highest BCUT2D eigenvalue weighted by Crippen LogP contribution is 2.38. The van der Waals surface area contributed by atoms with Gasteiger partial charge in [0.1, 0.15) is 17.1 Å². The van der Waals surface area contributed by atoms with E-state index in [0.717, 1.165) is 18.9 Å². The third-order valence-corrected chi connectivity index (χ3v) is 4.69. The Morgan fingerprint density at radius 1 is 1.23 bits per heavy atom. The van der Waals surface area contributed by atoms with E-state index >= 15 is 0 Å². The molecule has 2 aromatic carbocycles. The fraction of sp³-hybridized carbons (Fsp3) is 0.200. The number of pyridine rings is 1. The lowest BCUT2D eigenvalue weighted by Crippen LogP contribution is -2.19. The van der Waals surface area contributed by atoms with Crippen molar-refractivity contribution in [3.63, 3.8) is 0 Å². The Hall–Kier alpha value is -3.15. The van der Waals surface area contributed by atoms with Crippen molar-refractivity contribution >= 4 is 16.9 Å². The van der Waals surface area contributed by atoms with Crippen LogP contribution in [-0.2, 0) is 0 Å². The van der Waals surface area contributed by atoms with Crippen molar-refractivity contribution in [2.45, 2.75) is 18.9 Å². The van der Waals surface area contributed by atoms with Gasteiger partial charge in [-0.05, 0) is 42.7 Å². The number of ether oxygens (including phenoxy) is 1. The molecule has 0 aliphatic heterocycles. The first-order valence-corrected chi connectivity index (χ1v) is 8.25. The first kappa shape index (κ1) is 16.3. The molecule has 6 heteroatoms. The zero-order valence-electron chi connectivity index (χ0n) is 14.0. The Morgan fingerprint density at radius 3 is 2.50 bits per heavy atom. The molecule has 0 amide bonds. The summed E-state index contributed by atoms with van der Waals surface area (Å²) in [6.07, 6.45) is 3.19. The van der Waals surface area contributed by atoms with E-state index < -0.39 is 17.2 Å². The number of methoxy groups -OCH3 is 1. The quantitative estimate of drug-likeness (QED) is 0.774. The van der Waals surface area contributed by atoms with Crippen molar-refractivity contribution in [3.05, 3.63) is 64.2 Å². The summed E-state index contributed by atoms with van der Waals surface area (Å²) in [7, 11) is 1.56. The Labute approximate surface area is 148 Å². The van der Waals surface area contributed by atoms with Crippen LogP contribution < -0.4 is 10.2 Å². The SMILES string of the molecule is COc1ccc(-c2cc3c(cc2F)c(=O)c(C(=O)O)cn3C2CC2)cc1. The Kier molecular flexibility index (Phi) is 3.76. The molecule has 0 saturated heterocycles. The van der Waals surface area contributed by atoms with Gasteiger partial charge in [-0.2, -0.15) is 0 Å². The predicted octanol–water partition coefficient (Wildman–Crippen LogP) is 3.85. The summed E-state index contributed by atoms with van der Waals surface area (Å²) in [6.45, 7) is 0. The minimum Gasteiger partial charge on any atom is -0.497 e. The van der Waals surface area contributed by atoms with Gasteiger partial charge in [0, 0.05) is 23.2 Å². The molecule has 132 valence electrons. The average molecular weight is 353 g/mol. The molecule has 0 spiro atoms. The summed E-state index contributed by atoms with van der Waals surface area (Å²) in [4.78, 5) is 23.8. The highest BCUT2D eigenvalue weighted by atomic mass is 19.1. The molecule has 1 saturated carbocycles. The van der Waals surface area contributed by atoms with Crippen molar-refractivity contribution in [1.29, 1.82) is 0 Å². The van der Waals surface area contributed by atoms with Crippen molar-refractivity contribution < 1.29 is 19.0 Å². The summed E-state index contributed by atoms with van der Waals surface area (Å²) in [5, 5.41) is 9.37. The van der Waals surface area contributed by atoms with E-state index in [1.165, 1.54) is 6.20 Å². The number of hydrogen-bond acceptors (Lipinski definition) is 3. The smallest absolute Gasteiger partial charge is 0.341 e. The van der Waals surface area contributed by atoms with Crippen LogP contribution in [0.1, 0.15) is 29.2 Å². The van der Waals surface area contributed by atoms with Gasteiger partial charge in [0.2, 0.25) is 5.43 Å². The van der Waals surface area contributed by atoms with Gasteiger partial charge >= 0.3 is 5.97 Å². The topological polar surface area (TPSA) is 68.5 Å². The molecular formula is C20H16FNO4. The number of aromatic nitrogens is 1. The molecule has 0 radical (unpaired) electrons. The summed E-state index contributed by atoms with van der Waals surface area (Å²) < 4.78 is 21.6. The predicted molar refractivity (Wildman–Crippen MR) is 95.4 cm³/mol. The lowest BCUT2D eigenvalue weighted by molar-refractivity contribution is 0.0695. The van der Waals surface area contributed by atoms with Gasteiger partial charge in [-0.1, -0.05) is 12.1 Å². The summed E-state index contributed by atoms with van der Waals surface area (Å²) in [5.41, 5.74) is 0.569. The molecule has 1 heterocycles. The number of carboxylic acids is 1. The summed E-state index contributed by atoms with van der Waals surface area (Å²) >= 11 is 0. The highest BCUT2D eigenvalue weighted by molar-refractivity contribution is 5.94. The summed E-state index contributed by atoms with van der Waals surface area (Å²) in [6, 6.07) is 9.87. The minimum absolute atomic E-state index is 0.0894. The van der Waals surface area contributed by atoms with Gasteiger partial charge in [-0.3, -0.25) is 4.79 Å². The zero-order chi connectivity index (χ0) is 18.4. The molecule has 1 fully saturated rings. The number of nitrogens with zero attached hydrogens (tertiary/aromatic N) is 1. The molecule has 5 nitrogen and oxygen atoms in total. The standard InChI is InChI=1S/C20H16FNO4/c1-26-13-6-2-11(3-7-13)14-9-18-15(8-17(14)21)19(23)16(20(24)25)10-22(18)12-4-5-12/h2-3,6-10,12H,4-5H2,1H3,(H,24,25). The van der Waals surface area contributed by atoms with Crippen LogP contribution in [-0.4, -0.2) is 22.8 Å². The van der Waals surface area contributed by atoms with Gasteiger partial charge in [-0.25, -0.2) is 9.18 Å². The van der Waals surface area contributed by atoms with Crippen LogP contribution in [0.3, 0.4) is 0 Å². The van der Waals surface area contributed by atoms with E-state index in [9.17, 15) is 19.1 Å². The minimum atomic E-state index is -1.30. The van der Waals surface area contributed by atoms with Gasteiger partial charge in [0.05, 0.1) is 12.6 Å². The number of carbonyl (C=O) groups is 1. The maximum absolute atomic E-state index is 14.7. The van der Waals surface area contributed by atoms with Crippen LogP contribution >= 0.6 is 0 Å². The molecular weight excluding hydrogens is 337 g/mol. The number of fused-ring (bicyclic) bond motifs is 1. The van der Waals surface area contributed by atoms with Gasteiger partial charge in [0.25, 0.3) is 0 Å². The lowest BCUT2D eigenvalue weighted by Gasteiger charge is -2.14. The van der Waals surface area contributed by atoms with Crippen molar-refractivity contribution in [2.24, 2.45) is 0 Å². The van der Waals surface area contributed by atoms with Crippen LogP contribution in [0.15, 0.2) is 47.4 Å². The monoisotopic (exact) mass is 353 g/mol. The molecule has 26 heavy (non-hydrogen) atoms. The second-order valence-electron chi connectivity index (χ2n) is 6.39. The van der Waals surface area contributed by atoms with Crippen molar-refractivity contribution in [3.8, 4) is 16.9 Å². The molecule has 1 aliphatic rings. The fourth-order valence-electron chi connectivity index (χ4n) is 3.17. The second-order valence-corrected chi connectivity index (χ2v) is 6.39. The van der Waals surface area contributed by atoms with Gasteiger partial charge < -0.3 is 14.4 Å². The lowest BCUT2D eigenvalue weighted by atomic mass is 10.0. The van der Waals surface area contributed by atoms with Crippen molar-refractivity contribution in [1.82, 2.24) is 4.57 Å². The van der Waals surface area contributed by atoms with Gasteiger partial charge in [0.15, 0.2) is 0 Å². The number of halogens is 1. The highest BCUT2D eigenvalue weighted by Gasteiger charge is 2.27. The van der Waals surface area contributed by atoms with Crippen LogP contribution in [0.2, 0.25) is 0 Å². The molecule has 4 rings (SSSR count). The maximum atomic E-state index is 14.7. The van der Waals surface area contributed by atoms with E-state index in [1.54, 1.807) is 42.0 Å². The second kappa shape index (κ2) is 5.98. The maximum Gasteiger partial charge on any atom is 0.341 e. The normalized spacial score (nSPS) is 13.8. The molecule has 0 bridgehead atoms. The average Bonchev–Trinajstić information content (AvgIpc) is 3.47. The number of rotatable bonds is 4. The Morgan fingerprint density at radius 2 is 1.92 bits per heavy atom. The van der Waals surface area contributed by atoms with E-state index in [-0.39, 0.29) is 17.0 Å². The van der Waals surface area contributed by atoms with Crippen LogP contribution in [0.4, 0.5) is 4.39 Å². The van der Waals surface area contributed by atoms with Gasteiger partial charge in [-0.15, -0.1) is 0 Å². The molecule has 1 N–H and O–H groups in total. The third-order valence-electron chi connectivity index (χ3n) is 4.69. The third kappa shape index (κ3) is 2.63. The molecule has 0 unspecified atom stereocenters. The number of benzene rings is 2. The first-order valence-electron chi connectivity index (χ1n) is 8.25. The van der Waals surface area contributed by atoms with Crippen LogP contribution in [0, 0.1) is 5.82 Å². The molecule has 1 aromatic heterocycles. The van der Waals surface area contributed by atoms with E-state index in [2.05, 4.69) is 0 Å². The Balaban J connectivity index is 1.98. The number of carboxylic acid groups (broad SMARTS) is 1. The molecule has 0 atom stereocenters. The largest absolute Gasteiger partial charge is 0.497 e. The van der Waals surface area contributed by atoms with Crippen molar-refractivity contribution in [2.75, 3.05) is 7.11 Å². The fourth-order valence-corrected chi connectivity index (χ4v) is 3.17. The summed E-state index contributed by atoms with van der Waals surface area (Å²) in [5.74, 6) is -1.20. The van der Waals surface area contributed by atoms with E-state index in [4.69, 9.17) is 4.74 Å². The van der Waals surface area contributed by atoms with E-state index in [0.29, 0.717) is 22.4 Å². The number of aromatic carboxylic acids is 1. The zero-order valence-corrected chi connectivity index (χ0v) is 14.0. The Bertz CT molecular complexity index is 1080. The van der Waals surface area contributed by atoms with Crippen LogP contribution in [0.5, 0.6) is 5.75 Å². The number of hydrogen-bond donors (Lipinski definition) is 1. The molecule has 3 aromatic rings. The van der Waals surface area contributed by atoms with Crippen LogP contribution in [0.25, 0.3) is 22.0 Å².